The van der Waals surface area contributed by atoms with E-state index in [1.807, 2.05) is 6.07 Å². The van der Waals surface area contributed by atoms with Crippen LogP contribution in [0.3, 0.4) is 0 Å². The van der Waals surface area contributed by atoms with Gasteiger partial charge in [-0.15, -0.1) is 13.2 Å². The van der Waals surface area contributed by atoms with Gasteiger partial charge in [0, 0.05) is 23.8 Å². The van der Waals surface area contributed by atoms with Gasteiger partial charge in [0.15, 0.2) is 0 Å². The zero-order valence-electron chi connectivity index (χ0n) is 15.6. The van der Waals surface area contributed by atoms with Crippen LogP contribution in [0.1, 0.15) is 34.8 Å². The van der Waals surface area contributed by atoms with Gasteiger partial charge in [0.25, 0.3) is 5.91 Å². The van der Waals surface area contributed by atoms with Crippen molar-refractivity contribution in [3.05, 3.63) is 52.8 Å². The fourth-order valence-electron chi connectivity index (χ4n) is 4.03. The smallest absolute Gasteiger partial charge is 0.404 e. The molecule has 0 aliphatic carbocycles. The summed E-state index contributed by atoms with van der Waals surface area (Å²) in [6.45, 7) is 0.859. The fraction of sp³-hybridized carbons (Fsp3) is 0.350. The number of anilines is 1. The minimum Gasteiger partial charge on any atom is -0.404 e. The Hall–Kier alpha value is -2.81. The number of aromatic nitrogens is 1. The number of likely N-dealkylation sites (tertiary alicyclic amines) is 1. The van der Waals surface area contributed by atoms with E-state index in [0.29, 0.717) is 31.0 Å². The minimum atomic E-state index is -4.81. The van der Waals surface area contributed by atoms with Crippen LogP contribution < -0.4 is 10.1 Å². The van der Waals surface area contributed by atoms with Crippen LogP contribution in [-0.4, -0.2) is 41.2 Å². The number of pyridine rings is 1. The number of rotatable bonds is 3. The molecule has 0 radical (unpaired) electrons. The van der Waals surface area contributed by atoms with Gasteiger partial charge in [0.1, 0.15) is 11.4 Å². The molecule has 2 aliphatic heterocycles. The molecule has 2 amide bonds. The van der Waals surface area contributed by atoms with Gasteiger partial charge in [0.05, 0.1) is 12.1 Å². The number of amides is 2. The first-order valence-electron chi connectivity index (χ1n) is 9.32. The van der Waals surface area contributed by atoms with Crippen LogP contribution in [0.15, 0.2) is 36.5 Å². The zero-order valence-corrected chi connectivity index (χ0v) is 16.3. The van der Waals surface area contributed by atoms with Crippen molar-refractivity contribution in [2.24, 2.45) is 5.92 Å². The molecule has 0 saturated carbocycles. The predicted octanol–water partition coefficient (Wildman–Crippen LogP) is 4.22. The third-order valence-electron chi connectivity index (χ3n) is 5.38. The molecule has 1 aromatic carbocycles. The molecular formula is C20H17ClF3N3O3. The van der Waals surface area contributed by atoms with Crippen LogP contribution in [0.5, 0.6) is 5.75 Å². The van der Waals surface area contributed by atoms with Gasteiger partial charge < -0.3 is 15.0 Å². The predicted molar refractivity (Wildman–Crippen MR) is 102 cm³/mol. The monoisotopic (exact) mass is 439 g/mol. The first-order chi connectivity index (χ1) is 14.2. The van der Waals surface area contributed by atoms with Crippen molar-refractivity contribution >= 4 is 29.1 Å². The number of fused-ring (bicyclic) bond motifs is 1. The second-order valence-corrected chi connectivity index (χ2v) is 7.69. The van der Waals surface area contributed by atoms with E-state index < -0.39 is 12.1 Å². The topological polar surface area (TPSA) is 71.5 Å². The molecule has 1 N–H and O–H groups in total. The van der Waals surface area contributed by atoms with Crippen LogP contribution in [0, 0.1) is 5.92 Å². The zero-order chi connectivity index (χ0) is 21.5. The fourth-order valence-corrected chi connectivity index (χ4v) is 4.20. The molecule has 2 aliphatic rings. The maximum Gasteiger partial charge on any atom is 0.573 e. The van der Waals surface area contributed by atoms with Gasteiger partial charge in [-0.1, -0.05) is 17.7 Å². The molecule has 0 bridgehead atoms. The van der Waals surface area contributed by atoms with E-state index in [4.69, 9.17) is 11.6 Å². The molecule has 1 atom stereocenters. The van der Waals surface area contributed by atoms with Crippen LogP contribution in [0.4, 0.5) is 18.9 Å². The van der Waals surface area contributed by atoms with Gasteiger partial charge in [-0.3, -0.25) is 9.59 Å². The van der Waals surface area contributed by atoms with E-state index in [-0.39, 0.29) is 29.3 Å². The minimum absolute atomic E-state index is 0.0431. The van der Waals surface area contributed by atoms with E-state index in [2.05, 4.69) is 15.0 Å². The summed E-state index contributed by atoms with van der Waals surface area (Å²) in [5.41, 5.74) is 1.68. The number of ether oxygens (including phenoxy) is 1. The van der Waals surface area contributed by atoms with E-state index in [1.165, 1.54) is 6.07 Å². The lowest BCUT2D eigenvalue weighted by Gasteiger charge is -2.34. The van der Waals surface area contributed by atoms with E-state index in [0.717, 1.165) is 23.5 Å². The van der Waals surface area contributed by atoms with Crippen molar-refractivity contribution < 1.29 is 27.5 Å². The molecular weight excluding hydrogens is 423 g/mol. The molecule has 6 nitrogen and oxygen atoms in total. The first-order valence-corrected chi connectivity index (χ1v) is 9.70. The number of nitrogens with one attached hydrogen (secondary N) is 1. The third-order valence-corrected chi connectivity index (χ3v) is 5.61. The lowest BCUT2D eigenvalue weighted by molar-refractivity contribution is -0.274. The molecule has 3 heterocycles. The first kappa shape index (κ1) is 20.5. The largest absolute Gasteiger partial charge is 0.573 e. The van der Waals surface area contributed by atoms with Crippen LogP contribution in [0.2, 0.25) is 5.02 Å². The number of nitrogens with zero attached hydrogens (tertiary/aromatic N) is 2. The Labute approximate surface area is 175 Å². The van der Waals surface area contributed by atoms with Gasteiger partial charge in [-0.2, -0.15) is 0 Å². The quantitative estimate of drug-likeness (QED) is 0.777. The van der Waals surface area contributed by atoms with Crippen molar-refractivity contribution in [2.45, 2.75) is 25.1 Å². The number of carbonyl (C=O) groups excluding carboxylic acids is 2. The SMILES string of the molecule is O=C1Nc2cc(Cl)ccc2C1C1CCN(C(=O)c2ccc(OC(F)(F)F)cn2)CC1. The Bertz CT molecular complexity index is 973. The summed E-state index contributed by atoms with van der Waals surface area (Å²) in [6, 6.07) is 7.60. The molecule has 1 aromatic heterocycles. The van der Waals surface area contributed by atoms with Crippen molar-refractivity contribution in [3.8, 4) is 5.75 Å². The summed E-state index contributed by atoms with van der Waals surface area (Å²) in [5.74, 6) is -1.13. The number of piperidine rings is 1. The Morgan fingerprint density at radius 2 is 1.93 bits per heavy atom. The summed E-state index contributed by atoms with van der Waals surface area (Å²) < 4.78 is 40.5. The van der Waals surface area contributed by atoms with Crippen LogP contribution in [-0.2, 0) is 4.79 Å². The number of hydrogen-bond donors (Lipinski definition) is 1. The second-order valence-electron chi connectivity index (χ2n) is 7.26. The molecule has 1 fully saturated rings. The summed E-state index contributed by atoms with van der Waals surface area (Å²) in [4.78, 5) is 30.5. The molecule has 30 heavy (non-hydrogen) atoms. The van der Waals surface area contributed by atoms with Crippen LogP contribution in [0.25, 0.3) is 0 Å². The van der Waals surface area contributed by atoms with E-state index >= 15 is 0 Å². The number of halogens is 4. The van der Waals surface area contributed by atoms with Gasteiger partial charge in [0.2, 0.25) is 5.91 Å². The molecule has 10 heteroatoms. The van der Waals surface area contributed by atoms with E-state index in [9.17, 15) is 22.8 Å². The maximum atomic E-state index is 12.6. The van der Waals surface area contributed by atoms with Crippen molar-refractivity contribution in [3.63, 3.8) is 0 Å². The second kappa shape index (κ2) is 7.79. The summed E-state index contributed by atoms with van der Waals surface area (Å²) in [6.07, 6.45) is -2.69. The number of benzene rings is 1. The maximum absolute atomic E-state index is 12.6. The number of alkyl halides is 3. The molecule has 2 aromatic rings. The molecule has 0 spiro atoms. The average Bonchev–Trinajstić information content (AvgIpc) is 3.01. The van der Waals surface area contributed by atoms with Crippen molar-refractivity contribution in [2.75, 3.05) is 18.4 Å². The number of hydrogen-bond acceptors (Lipinski definition) is 4. The average molecular weight is 440 g/mol. The lowest BCUT2D eigenvalue weighted by atomic mass is 9.80. The highest BCUT2D eigenvalue weighted by Gasteiger charge is 2.39. The summed E-state index contributed by atoms with van der Waals surface area (Å²) >= 11 is 5.99. The standard InChI is InChI=1S/C20H17ClF3N3O3/c21-12-1-3-14-16(9-12)26-18(28)17(14)11-5-7-27(8-6-11)19(29)15-4-2-13(10-25-15)30-20(22,23)24/h1-4,9-11,17H,5-8H2,(H,26,28). The molecule has 1 unspecified atom stereocenters. The summed E-state index contributed by atoms with van der Waals surface area (Å²) in [7, 11) is 0. The van der Waals surface area contributed by atoms with E-state index in [1.54, 1.807) is 17.0 Å². The Morgan fingerprint density at radius 3 is 2.57 bits per heavy atom. The molecule has 158 valence electrons. The highest BCUT2D eigenvalue weighted by molar-refractivity contribution is 6.31. The van der Waals surface area contributed by atoms with Crippen molar-refractivity contribution in [1.82, 2.24) is 9.88 Å². The Balaban J connectivity index is 1.39. The third kappa shape index (κ3) is 4.21. The normalized spacial score (nSPS) is 19.4. The highest BCUT2D eigenvalue weighted by Crippen LogP contribution is 2.42. The highest BCUT2D eigenvalue weighted by atomic mass is 35.5. The Kier molecular flexibility index (Phi) is 5.31. The van der Waals surface area contributed by atoms with Gasteiger partial charge in [-0.05, 0) is 48.6 Å². The van der Waals surface area contributed by atoms with Gasteiger partial charge in [-0.25, -0.2) is 4.98 Å². The molecule has 1 saturated heterocycles. The number of carbonyl (C=O) groups is 2. The lowest BCUT2D eigenvalue weighted by Crippen LogP contribution is -2.40. The Morgan fingerprint density at radius 1 is 1.20 bits per heavy atom. The van der Waals surface area contributed by atoms with Gasteiger partial charge >= 0.3 is 6.36 Å². The van der Waals surface area contributed by atoms with Crippen molar-refractivity contribution in [1.29, 1.82) is 0 Å². The molecule has 4 rings (SSSR count). The van der Waals surface area contributed by atoms with Crippen LogP contribution >= 0.6 is 11.6 Å². The summed E-state index contributed by atoms with van der Waals surface area (Å²) in [5, 5.41) is 3.41.